The predicted molar refractivity (Wildman–Crippen MR) is 176 cm³/mol. The van der Waals surface area contributed by atoms with Crippen LogP contribution in [0.5, 0.6) is 0 Å². The summed E-state index contributed by atoms with van der Waals surface area (Å²) in [6.07, 6.45) is 15.6. The lowest BCUT2D eigenvalue weighted by molar-refractivity contribution is 0.0391. The Kier molecular flexibility index (Phi) is 8.60. The number of anilines is 1. The average Bonchev–Trinajstić information content (AvgIpc) is 3.01. The van der Waals surface area contributed by atoms with Crippen LogP contribution in [0.4, 0.5) is 5.69 Å². The molecule has 0 aromatic heterocycles. The van der Waals surface area contributed by atoms with Gasteiger partial charge in [0.25, 0.3) is 0 Å². The molecule has 5 aromatic carbocycles. The van der Waals surface area contributed by atoms with Gasteiger partial charge in [-0.1, -0.05) is 114 Å². The molecule has 4 heteroatoms. The highest BCUT2D eigenvalue weighted by molar-refractivity contribution is 6.37. The monoisotopic (exact) mass is 561 g/mol. The zero-order valence-electron chi connectivity index (χ0n) is 25.3. The molecule has 0 N–H and O–H groups in total. The molecule has 42 heavy (non-hydrogen) atoms. The van der Waals surface area contributed by atoms with Crippen LogP contribution in [0.3, 0.4) is 0 Å². The third-order valence-electron chi connectivity index (χ3n) is 9.29. The molecule has 1 aliphatic heterocycles. The van der Waals surface area contributed by atoms with E-state index < -0.39 is 11.9 Å². The molecule has 0 bridgehead atoms. The van der Waals surface area contributed by atoms with Gasteiger partial charge in [0, 0.05) is 29.5 Å². The quantitative estimate of drug-likeness (QED) is 0.0419. The molecule has 1 heterocycles. The number of esters is 2. The van der Waals surface area contributed by atoms with E-state index in [0.29, 0.717) is 11.1 Å². The van der Waals surface area contributed by atoms with Crippen molar-refractivity contribution in [2.75, 3.05) is 18.0 Å². The largest absolute Gasteiger partial charge is 0.386 e. The third-order valence-corrected chi connectivity index (χ3v) is 9.29. The van der Waals surface area contributed by atoms with Crippen LogP contribution in [0.2, 0.25) is 0 Å². The van der Waals surface area contributed by atoms with Gasteiger partial charge in [0.1, 0.15) is 0 Å². The highest BCUT2D eigenvalue weighted by atomic mass is 16.6. The fourth-order valence-electron chi connectivity index (χ4n) is 7.11. The first-order chi connectivity index (χ1) is 20.6. The molecule has 218 valence electrons. The highest BCUT2D eigenvalue weighted by Gasteiger charge is 2.29. The maximum atomic E-state index is 12.6. The second-order valence-corrected chi connectivity index (χ2v) is 12.1. The van der Waals surface area contributed by atoms with Crippen molar-refractivity contribution >= 4 is 60.7 Å². The zero-order valence-corrected chi connectivity index (χ0v) is 25.3. The van der Waals surface area contributed by atoms with Crippen molar-refractivity contribution in [2.45, 2.75) is 90.9 Å². The highest BCUT2D eigenvalue weighted by Crippen LogP contribution is 2.45. The molecular formula is C38H43NO3. The predicted octanol–water partition coefficient (Wildman–Crippen LogP) is 10.6. The molecule has 0 fully saturated rings. The van der Waals surface area contributed by atoms with Crippen molar-refractivity contribution in [3.05, 3.63) is 65.7 Å². The number of hydrogen-bond donors (Lipinski definition) is 0. The summed E-state index contributed by atoms with van der Waals surface area (Å²) in [4.78, 5) is 27.9. The van der Waals surface area contributed by atoms with Gasteiger partial charge in [-0.15, -0.1) is 0 Å². The van der Waals surface area contributed by atoms with Crippen LogP contribution in [0.15, 0.2) is 54.6 Å². The van der Waals surface area contributed by atoms with Gasteiger partial charge < -0.3 is 9.64 Å². The minimum atomic E-state index is -0.560. The van der Waals surface area contributed by atoms with Crippen LogP contribution >= 0.6 is 0 Å². The summed E-state index contributed by atoms with van der Waals surface area (Å²) in [6, 6.07) is 19.0. The number of cyclic esters (lactones) is 2. The zero-order chi connectivity index (χ0) is 29.1. The molecule has 6 rings (SSSR count). The van der Waals surface area contributed by atoms with E-state index in [1.165, 1.54) is 104 Å². The number of carbonyl (C=O) groups is 2. The lowest BCUT2D eigenvalue weighted by Gasteiger charge is -2.28. The minimum absolute atomic E-state index is 0.474. The van der Waals surface area contributed by atoms with Crippen molar-refractivity contribution in [3.8, 4) is 0 Å². The molecule has 0 radical (unpaired) electrons. The summed E-state index contributed by atoms with van der Waals surface area (Å²) in [5.74, 6) is -1.12. The number of ether oxygens (including phenoxy) is 1. The SMILES string of the molecule is CCCCCCCCN(CCCCCCCC)c1ccc2c3ccc4c5c(ccc(c6cccc1c62)c53)C(=O)OC4=O. The molecule has 0 saturated heterocycles. The molecule has 1 aliphatic rings. The normalized spacial score (nSPS) is 13.2. The van der Waals surface area contributed by atoms with E-state index in [4.69, 9.17) is 4.74 Å². The van der Waals surface area contributed by atoms with Crippen LogP contribution < -0.4 is 4.90 Å². The number of rotatable bonds is 15. The number of fused-ring (bicyclic) bond motifs is 2. The molecule has 0 amide bonds. The van der Waals surface area contributed by atoms with Crippen LogP contribution in [0.25, 0.3) is 43.1 Å². The molecule has 0 aliphatic carbocycles. The van der Waals surface area contributed by atoms with E-state index in [1.54, 1.807) is 0 Å². The molecule has 4 nitrogen and oxygen atoms in total. The Morgan fingerprint density at radius 3 is 1.57 bits per heavy atom. The van der Waals surface area contributed by atoms with Crippen LogP contribution in [-0.4, -0.2) is 25.0 Å². The lowest BCUT2D eigenvalue weighted by atomic mass is 9.85. The van der Waals surface area contributed by atoms with E-state index in [0.717, 1.165) is 34.6 Å². The molecule has 0 atom stereocenters. The fraction of sp³-hybridized carbons (Fsp3) is 0.421. The van der Waals surface area contributed by atoms with Gasteiger partial charge in [-0.25, -0.2) is 9.59 Å². The maximum Gasteiger partial charge on any atom is 0.346 e. The smallest absolute Gasteiger partial charge is 0.346 e. The summed E-state index contributed by atoms with van der Waals surface area (Å²) >= 11 is 0. The topological polar surface area (TPSA) is 46.6 Å². The van der Waals surface area contributed by atoms with Crippen LogP contribution in [-0.2, 0) is 4.74 Å². The molecule has 0 unspecified atom stereocenters. The Morgan fingerprint density at radius 1 is 0.500 bits per heavy atom. The van der Waals surface area contributed by atoms with Gasteiger partial charge >= 0.3 is 11.9 Å². The average molecular weight is 562 g/mol. The Morgan fingerprint density at radius 2 is 0.976 bits per heavy atom. The van der Waals surface area contributed by atoms with E-state index in [9.17, 15) is 9.59 Å². The number of hydrogen-bond acceptors (Lipinski definition) is 4. The van der Waals surface area contributed by atoms with Gasteiger partial charge in [-0.2, -0.15) is 0 Å². The van der Waals surface area contributed by atoms with Crippen LogP contribution in [0.1, 0.15) is 112 Å². The second kappa shape index (κ2) is 12.7. The Bertz CT molecular complexity index is 1650. The minimum Gasteiger partial charge on any atom is -0.386 e. The van der Waals surface area contributed by atoms with E-state index in [-0.39, 0.29) is 0 Å². The molecule has 0 spiro atoms. The molecule has 0 saturated carbocycles. The van der Waals surface area contributed by atoms with Gasteiger partial charge in [0.15, 0.2) is 0 Å². The van der Waals surface area contributed by atoms with Crippen molar-refractivity contribution < 1.29 is 14.3 Å². The molecule has 5 aromatic rings. The fourth-order valence-corrected chi connectivity index (χ4v) is 7.11. The Hall–Kier alpha value is -3.66. The van der Waals surface area contributed by atoms with Crippen molar-refractivity contribution in [3.63, 3.8) is 0 Å². The standard InChI is InChI=1S/C38H43NO3/c1-3-5-7-9-11-13-24-39(25-14-12-10-8-6-4-2)33-23-22-27-29-19-21-32-36-31(37(40)42-38(32)41)20-18-28(35(29)36)26-16-15-17-30(33)34(26)27/h15-23H,3-14,24-25H2,1-2H3. The van der Waals surface area contributed by atoms with Gasteiger partial charge in [0.2, 0.25) is 0 Å². The van der Waals surface area contributed by atoms with Gasteiger partial charge in [-0.3, -0.25) is 0 Å². The molecular weight excluding hydrogens is 518 g/mol. The summed E-state index contributed by atoms with van der Waals surface area (Å²) in [6.45, 7) is 6.73. The summed E-state index contributed by atoms with van der Waals surface area (Å²) < 4.78 is 5.04. The number of unbranched alkanes of at least 4 members (excludes halogenated alkanes) is 10. The van der Waals surface area contributed by atoms with E-state index in [1.807, 2.05) is 24.3 Å². The number of benzene rings is 5. The first-order valence-corrected chi connectivity index (χ1v) is 16.3. The van der Waals surface area contributed by atoms with E-state index >= 15 is 0 Å². The first-order valence-electron chi connectivity index (χ1n) is 16.3. The van der Waals surface area contributed by atoms with Crippen molar-refractivity contribution in [2.24, 2.45) is 0 Å². The summed E-state index contributed by atoms with van der Waals surface area (Å²) in [5.41, 5.74) is 2.27. The first kappa shape index (κ1) is 28.5. The number of nitrogens with zero attached hydrogens (tertiary/aromatic N) is 1. The number of carbonyl (C=O) groups excluding carboxylic acids is 2. The summed E-state index contributed by atoms with van der Waals surface area (Å²) in [5, 5.41) is 8.78. The Balaban J connectivity index is 1.42. The maximum absolute atomic E-state index is 12.6. The second-order valence-electron chi connectivity index (χ2n) is 12.1. The summed E-state index contributed by atoms with van der Waals surface area (Å²) in [7, 11) is 0. The lowest BCUT2D eigenvalue weighted by Crippen LogP contribution is -2.26. The van der Waals surface area contributed by atoms with Crippen LogP contribution in [0, 0.1) is 0 Å². The Labute approximate surface area is 249 Å². The van der Waals surface area contributed by atoms with E-state index in [2.05, 4.69) is 49.1 Å². The van der Waals surface area contributed by atoms with Gasteiger partial charge in [0.05, 0.1) is 11.1 Å². The van der Waals surface area contributed by atoms with Crippen molar-refractivity contribution in [1.29, 1.82) is 0 Å². The third kappa shape index (κ3) is 5.21. The van der Waals surface area contributed by atoms with Gasteiger partial charge in [-0.05, 0) is 63.4 Å². The van der Waals surface area contributed by atoms with Crippen molar-refractivity contribution in [1.82, 2.24) is 0 Å².